The number of hydrogen-bond acceptors (Lipinski definition) is 5. The SMILES string of the molecule is CCCCCCCC/C=C\CCCCCCCCCC(=O)OCCCCCCCCCCCCCC/C=C\CCCCCCCCCCCCCCC(=O)NC(CO)C(O)CCCCCCCCCCCCC. The number of carbonyl (C=O) groups is 2. The summed E-state index contributed by atoms with van der Waals surface area (Å²) < 4.78 is 5.50. The lowest BCUT2D eigenvalue weighted by Crippen LogP contribution is -2.45. The molecule has 0 saturated carbocycles. The van der Waals surface area contributed by atoms with Crippen LogP contribution in [0.15, 0.2) is 24.3 Å². The number of aliphatic hydroxyl groups excluding tert-OH is 2. The van der Waals surface area contributed by atoms with E-state index >= 15 is 0 Å². The molecule has 0 aliphatic carbocycles. The maximum atomic E-state index is 12.5. The molecule has 0 radical (unpaired) electrons. The molecule has 0 aliphatic heterocycles. The van der Waals surface area contributed by atoms with E-state index in [1.165, 1.54) is 289 Å². The Kier molecular flexibility index (Phi) is 61.4. The van der Waals surface area contributed by atoms with Crippen molar-refractivity contribution in [1.29, 1.82) is 0 Å². The van der Waals surface area contributed by atoms with Crippen LogP contribution in [0.1, 0.15) is 367 Å². The van der Waals surface area contributed by atoms with E-state index in [1.807, 2.05) is 0 Å². The van der Waals surface area contributed by atoms with Gasteiger partial charge in [-0.3, -0.25) is 9.59 Å². The molecule has 0 aliphatic rings. The minimum absolute atomic E-state index is 0.0129. The van der Waals surface area contributed by atoms with Crippen LogP contribution in [0.4, 0.5) is 0 Å². The third kappa shape index (κ3) is 59.4. The van der Waals surface area contributed by atoms with E-state index in [4.69, 9.17) is 4.74 Å². The fourth-order valence-corrected chi connectivity index (χ4v) is 10.4. The highest BCUT2D eigenvalue weighted by molar-refractivity contribution is 5.76. The molecule has 0 aromatic carbocycles. The topological polar surface area (TPSA) is 95.9 Å². The minimum atomic E-state index is -0.662. The fraction of sp³-hybridized carbons (Fsp3) is 0.910. The Hall–Kier alpha value is -1.66. The quantitative estimate of drug-likeness (QED) is 0.0320. The zero-order chi connectivity index (χ0) is 52.9. The van der Waals surface area contributed by atoms with Gasteiger partial charge in [-0.1, -0.05) is 301 Å². The standard InChI is InChI=1S/C67H129NO5/c1-3-5-7-9-11-13-15-16-17-30-34-37-41-45-49-53-57-61-67(72)73-62-58-54-50-46-42-38-35-32-29-27-25-23-21-19-18-20-22-24-26-28-31-33-36-40-44-48-52-56-60-66(71)68-64(63-69)65(70)59-55-51-47-43-39-14-12-10-8-6-4-2/h16-19,64-65,69-70H,3-15,20-63H2,1-2H3,(H,68,71)/b17-16-,19-18-. The van der Waals surface area contributed by atoms with Gasteiger partial charge >= 0.3 is 5.97 Å². The van der Waals surface area contributed by atoms with Crippen LogP contribution in [-0.2, 0) is 14.3 Å². The molecule has 0 heterocycles. The van der Waals surface area contributed by atoms with E-state index in [2.05, 4.69) is 43.5 Å². The van der Waals surface area contributed by atoms with Gasteiger partial charge in [0.1, 0.15) is 0 Å². The lowest BCUT2D eigenvalue weighted by atomic mass is 10.0. The second kappa shape index (κ2) is 62.9. The van der Waals surface area contributed by atoms with Crippen LogP contribution in [0.3, 0.4) is 0 Å². The Morgan fingerprint density at radius 3 is 0.973 bits per heavy atom. The zero-order valence-electron chi connectivity index (χ0n) is 49.4. The molecule has 432 valence electrons. The summed E-state index contributed by atoms with van der Waals surface area (Å²) in [5.74, 6) is -0.0216. The number of carbonyl (C=O) groups excluding carboxylic acids is 2. The van der Waals surface area contributed by atoms with Crippen LogP contribution in [0, 0.1) is 0 Å². The number of hydrogen-bond donors (Lipinski definition) is 3. The van der Waals surface area contributed by atoms with Crippen molar-refractivity contribution in [2.75, 3.05) is 13.2 Å². The molecular formula is C67H129NO5. The first-order valence-corrected chi connectivity index (χ1v) is 33.1. The monoisotopic (exact) mass is 1030 g/mol. The molecule has 0 bridgehead atoms. The second-order valence-electron chi connectivity index (χ2n) is 22.8. The Morgan fingerprint density at radius 1 is 0.370 bits per heavy atom. The van der Waals surface area contributed by atoms with E-state index in [9.17, 15) is 19.8 Å². The van der Waals surface area contributed by atoms with Crippen molar-refractivity contribution in [1.82, 2.24) is 5.32 Å². The second-order valence-corrected chi connectivity index (χ2v) is 22.8. The lowest BCUT2D eigenvalue weighted by Gasteiger charge is -2.22. The van der Waals surface area contributed by atoms with Crippen molar-refractivity contribution in [3.8, 4) is 0 Å². The highest BCUT2D eigenvalue weighted by Gasteiger charge is 2.20. The number of amides is 1. The summed E-state index contributed by atoms with van der Waals surface area (Å²) in [5.41, 5.74) is 0. The first-order valence-electron chi connectivity index (χ1n) is 33.1. The van der Waals surface area contributed by atoms with Gasteiger partial charge in [-0.05, 0) is 77.0 Å². The molecule has 0 spiro atoms. The van der Waals surface area contributed by atoms with Gasteiger partial charge in [0.15, 0.2) is 0 Å². The average molecular weight is 1030 g/mol. The van der Waals surface area contributed by atoms with Crippen LogP contribution in [0.25, 0.3) is 0 Å². The summed E-state index contributed by atoms with van der Waals surface area (Å²) in [7, 11) is 0. The predicted octanol–water partition coefficient (Wildman–Crippen LogP) is 21.0. The summed E-state index contributed by atoms with van der Waals surface area (Å²) in [6, 6.07) is -0.540. The number of nitrogens with one attached hydrogen (secondary N) is 1. The van der Waals surface area contributed by atoms with Crippen LogP contribution in [-0.4, -0.2) is 47.4 Å². The number of aliphatic hydroxyl groups is 2. The van der Waals surface area contributed by atoms with Crippen LogP contribution < -0.4 is 5.32 Å². The van der Waals surface area contributed by atoms with E-state index in [0.717, 1.165) is 44.9 Å². The van der Waals surface area contributed by atoms with Gasteiger partial charge in [0.2, 0.25) is 5.91 Å². The highest BCUT2D eigenvalue weighted by atomic mass is 16.5. The lowest BCUT2D eigenvalue weighted by molar-refractivity contribution is -0.143. The van der Waals surface area contributed by atoms with Gasteiger partial charge < -0.3 is 20.3 Å². The summed E-state index contributed by atoms with van der Waals surface area (Å²) in [6.45, 7) is 4.96. The molecule has 3 N–H and O–H groups in total. The summed E-state index contributed by atoms with van der Waals surface area (Å²) >= 11 is 0. The average Bonchev–Trinajstić information content (AvgIpc) is 3.39. The van der Waals surface area contributed by atoms with Crippen LogP contribution in [0.2, 0.25) is 0 Å². The third-order valence-electron chi connectivity index (χ3n) is 15.5. The van der Waals surface area contributed by atoms with Gasteiger partial charge in [0.25, 0.3) is 0 Å². The maximum Gasteiger partial charge on any atom is 0.305 e. The van der Waals surface area contributed by atoms with Gasteiger partial charge in [0, 0.05) is 12.8 Å². The van der Waals surface area contributed by atoms with Gasteiger partial charge in [-0.2, -0.15) is 0 Å². The van der Waals surface area contributed by atoms with Crippen LogP contribution >= 0.6 is 0 Å². The van der Waals surface area contributed by atoms with Gasteiger partial charge in [-0.15, -0.1) is 0 Å². The Morgan fingerprint density at radius 2 is 0.644 bits per heavy atom. The predicted molar refractivity (Wildman–Crippen MR) is 320 cm³/mol. The van der Waals surface area contributed by atoms with Crippen molar-refractivity contribution in [2.24, 2.45) is 0 Å². The molecule has 2 atom stereocenters. The van der Waals surface area contributed by atoms with E-state index < -0.39 is 12.1 Å². The molecule has 0 rings (SSSR count). The van der Waals surface area contributed by atoms with Crippen molar-refractivity contribution in [3.63, 3.8) is 0 Å². The van der Waals surface area contributed by atoms with E-state index in [0.29, 0.717) is 25.9 Å². The maximum absolute atomic E-state index is 12.5. The van der Waals surface area contributed by atoms with E-state index in [1.54, 1.807) is 0 Å². The molecule has 0 saturated heterocycles. The summed E-state index contributed by atoms with van der Waals surface area (Å²) in [4.78, 5) is 24.5. The molecular weight excluding hydrogens is 899 g/mol. The first kappa shape index (κ1) is 71.3. The number of rotatable bonds is 62. The number of allylic oxidation sites excluding steroid dienone is 4. The van der Waals surface area contributed by atoms with Gasteiger partial charge in [-0.25, -0.2) is 0 Å². The Balaban J connectivity index is 3.35. The molecule has 0 aromatic heterocycles. The zero-order valence-corrected chi connectivity index (χ0v) is 49.4. The first-order chi connectivity index (χ1) is 36.0. The van der Waals surface area contributed by atoms with Crippen molar-refractivity contribution in [3.05, 3.63) is 24.3 Å². The largest absolute Gasteiger partial charge is 0.466 e. The smallest absolute Gasteiger partial charge is 0.305 e. The summed E-state index contributed by atoms with van der Waals surface area (Å²) in [5, 5.41) is 23.2. The Bertz CT molecular complexity index is 1140. The molecule has 6 nitrogen and oxygen atoms in total. The highest BCUT2D eigenvalue weighted by Crippen LogP contribution is 2.18. The fourth-order valence-electron chi connectivity index (χ4n) is 10.4. The Labute approximate surface area is 456 Å². The number of unbranched alkanes of at least 4 members (excludes halogenated alkanes) is 47. The van der Waals surface area contributed by atoms with Crippen molar-refractivity contribution in [2.45, 2.75) is 379 Å². The van der Waals surface area contributed by atoms with Crippen molar-refractivity contribution >= 4 is 11.9 Å². The summed E-state index contributed by atoms with van der Waals surface area (Å²) in [6.07, 6.45) is 77.9. The molecule has 73 heavy (non-hydrogen) atoms. The molecule has 0 fully saturated rings. The third-order valence-corrected chi connectivity index (χ3v) is 15.5. The molecule has 0 aromatic rings. The minimum Gasteiger partial charge on any atom is -0.466 e. The normalized spacial score (nSPS) is 12.7. The molecule has 1 amide bonds. The van der Waals surface area contributed by atoms with Crippen molar-refractivity contribution < 1.29 is 24.5 Å². The van der Waals surface area contributed by atoms with E-state index in [-0.39, 0.29) is 18.5 Å². The van der Waals surface area contributed by atoms with Crippen LogP contribution in [0.5, 0.6) is 0 Å². The number of esters is 1. The number of ether oxygens (including phenoxy) is 1. The molecule has 2 unspecified atom stereocenters. The molecule has 6 heteroatoms. The van der Waals surface area contributed by atoms with Gasteiger partial charge in [0.05, 0.1) is 25.4 Å².